The minimum absolute atomic E-state index is 0.352. The van der Waals surface area contributed by atoms with Gasteiger partial charge in [-0.15, -0.1) is 0 Å². The van der Waals surface area contributed by atoms with Crippen molar-refractivity contribution in [3.05, 3.63) is 71.8 Å². The molecule has 4 heteroatoms. The molecule has 94 valence electrons. The molecular formula is C15H12N2O2. The molecule has 3 rings (SSSR count). The largest absolute Gasteiger partial charge is 0.322 e. The van der Waals surface area contributed by atoms with Gasteiger partial charge in [-0.25, -0.2) is 4.79 Å². The Morgan fingerprint density at radius 2 is 1.21 bits per heavy atom. The van der Waals surface area contributed by atoms with Crippen molar-refractivity contribution in [1.82, 2.24) is 10.6 Å². The maximum Gasteiger partial charge on any atom is 0.322 e. The highest BCUT2D eigenvalue weighted by Gasteiger charge is 2.48. The number of benzene rings is 2. The molecule has 1 aliphatic rings. The Morgan fingerprint density at radius 1 is 0.737 bits per heavy atom. The highest BCUT2D eigenvalue weighted by atomic mass is 16.2. The topological polar surface area (TPSA) is 58.2 Å². The summed E-state index contributed by atoms with van der Waals surface area (Å²) in [6, 6.07) is 18.0. The minimum atomic E-state index is -1.14. The van der Waals surface area contributed by atoms with Crippen LogP contribution in [0, 0.1) is 0 Å². The molecule has 0 unspecified atom stereocenters. The van der Waals surface area contributed by atoms with Gasteiger partial charge in [0.15, 0.2) is 5.54 Å². The fraction of sp³-hybridized carbons (Fsp3) is 0.0667. The second kappa shape index (κ2) is 4.24. The predicted molar refractivity (Wildman–Crippen MR) is 70.3 cm³/mol. The van der Waals surface area contributed by atoms with Gasteiger partial charge >= 0.3 is 6.03 Å². The van der Waals surface area contributed by atoms with Crippen LogP contribution >= 0.6 is 0 Å². The second-order valence-corrected chi connectivity index (χ2v) is 4.39. The number of urea groups is 1. The van der Waals surface area contributed by atoms with Crippen molar-refractivity contribution >= 4 is 11.9 Å². The van der Waals surface area contributed by atoms with E-state index in [1.54, 1.807) is 0 Å². The molecule has 2 aromatic carbocycles. The lowest BCUT2D eigenvalue weighted by atomic mass is 9.65. The van der Waals surface area contributed by atoms with Gasteiger partial charge in [-0.05, 0) is 11.1 Å². The number of rotatable bonds is 2. The molecular weight excluding hydrogens is 239 g/mol. The van der Waals surface area contributed by atoms with Crippen LogP contribution in [-0.4, -0.2) is 11.9 Å². The van der Waals surface area contributed by atoms with E-state index in [0.717, 1.165) is 11.1 Å². The van der Waals surface area contributed by atoms with Crippen LogP contribution in [0.3, 0.4) is 0 Å². The van der Waals surface area contributed by atoms with E-state index in [2.05, 4.69) is 10.6 Å². The molecule has 0 aliphatic carbocycles. The summed E-state index contributed by atoms with van der Waals surface area (Å²) in [4.78, 5) is 23.9. The number of imide groups is 1. The molecule has 0 aromatic heterocycles. The van der Waals surface area contributed by atoms with Crippen molar-refractivity contribution in [2.45, 2.75) is 5.54 Å². The van der Waals surface area contributed by atoms with Crippen molar-refractivity contribution in [3.8, 4) is 0 Å². The maximum atomic E-state index is 12.3. The van der Waals surface area contributed by atoms with Gasteiger partial charge in [0.2, 0.25) is 0 Å². The van der Waals surface area contributed by atoms with Gasteiger partial charge in [-0.3, -0.25) is 10.1 Å². The average molecular weight is 251 g/mol. The van der Waals surface area contributed by atoms with Gasteiger partial charge in [-0.1, -0.05) is 60.7 Å². The number of carbonyl (C=O) groups is 2. The number of amides is 3. The van der Waals surface area contributed by atoms with Crippen LogP contribution in [-0.2, 0) is 10.3 Å². The summed E-state index contributed by atoms with van der Waals surface area (Å²) in [5.41, 5.74) is 0.341. The van der Waals surface area contributed by atoms with E-state index in [4.69, 9.17) is 0 Å². The normalized spacial score (nSPS) is 16.8. The van der Waals surface area contributed by atoms with Crippen molar-refractivity contribution in [3.63, 3.8) is 0 Å². The van der Waals surface area contributed by atoms with E-state index in [1.807, 2.05) is 60.7 Å². The number of nitrogens with one attached hydrogen (secondary N) is 2. The maximum absolute atomic E-state index is 12.3. The van der Waals surface area contributed by atoms with Gasteiger partial charge in [0.25, 0.3) is 5.91 Å². The first-order valence-electron chi connectivity index (χ1n) is 5.98. The second-order valence-electron chi connectivity index (χ2n) is 4.39. The van der Waals surface area contributed by atoms with Gasteiger partial charge in [0, 0.05) is 0 Å². The average Bonchev–Trinajstić information content (AvgIpc) is 2.76. The van der Waals surface area contributed by atoms with Crippen molar-refractivity contribution in [1.29, 1.82) is 0 Å². The fourth-order valence-electron chi connectivity index (χ4n) is 2.40. The predicted octanol–water partition coefficient (Wildman–Crippen LogP) is 1.77. The van der Waals surface area contributed by atoms with Crippen LogP contribution in [0.25, 0.3) is 0 Å². The number of hydrogen-bond acceptors (Lipinski definition) is 2. The Morgan fingerprint density at radius 3 is 1.58 bits per heavy atom. The minimum Gasteiger partial charge on any atom is -0.316 e. The van der Waals surface area contributed by atoms with E-state index >= 15 is 0 Å². The summed E-state index contributed by atoms with van der Waals surface area (Å²) in [7, 11) is 0. The van der Waals surface area contributed by atoms with Crippen LogP contribution < -0.4 is 10.6 Å². The van der Waals surface area contributed by atoms with Crippen LogP contribution in [0.5, 0.6) is 0 Å². The molecule has 3 amide bonds. The Kier molecular flexibility index (Phi) is 2.56. The quantitative estimate of drug-likeness (QED) is 0.799. The molecule has 19 heavy (non-hydrogen) atoms. The summed E-state index contributed by atoms with van der Waals surface area (Å²) in [6.45, 7) is 0. The Balaban J connectivity index is 2.23. The molecule has 1 saturated heterocycles. The molecule has 1 fully saturated rings. The van der Waals surface area contributed by atoms with Crippen molar-refractivity contribution in [2.24, 2.45) is 0 Å². The highest BCUT2D eigenvalue weighted by molar-refractivity contribution is 6.09. The molecule has 0 atom stereocenters. The first-order chi connectivity index (χ1) is 9.23. The SMILES string of the molecule is O=C1N[11C](=O)C(c2ccccc2)(c2ccccc2)N1. The lowest BCUT2D eigenvalue weighted by molar-refractivity contribution is -0.122. The summed E-state index contributed by atoms with van der Waals surface area (Å²) in [5, 5.41) is 5.07. The van der Waals surface area contributed by atoms with Gasteiger partial charge < -0.3 is 5.32 Å². The van der Waals surface area contributed by atoms with E-state index in [9.17, 15) is 9.59 Å². The third-order valence-corrected chi connectivity index (χ3v) is 3.28. The van der Waals surface area contributed by atoms with E-state index in [-0.39, 0.29) is 5.91 Å². The monoisotopic (exact) mass is 251 g/mol. The third-order valence-electron chi connectivity index (χ3n) is 3.28. The van der Waals surface area contributed by atoms with E-state index in [1.165, 1.54) is 0 Å². The molecule has 0 bridgehead atoms. The Hall–Kier alpha value is -2.62. The third kappa shape index (κ3) is 1.69. The number of carbonyl (C=O) groups excluding carboxylic acids is 2. The van der Waals surface area contributed by atoms with Crippen molar-refractivity contribution < 1.29 is 9.59 Å². The zero-order chi connectivity index (χ0) is 13.3. The molecule has 4 nitrogen and oxygen atoms in total. The molecule has 1 heterocycles. The van der Waals surface area contributed by atoms with Gasteiger partial charge in [0.1, 0.15) is 0 Å². The fourth-order valence-corrected chi connectivity index (χ4v) is 2.40. The summed E-state index contributed by atoms with van der Waals surface area (Å²) in [6.07, 6.45) is 0. The first kappa shape index (κ1) is 11.5. The standard InChI is InChI=1S/C15H12N2O2/c18-13-15(17-14(19)16-13,11-7-3-1-4-8-11)12-9-5-2-6-10-12/h1-10H,(H2,16,17,18,19)/i13-1. The zero-order valence-electron chi connectivity index (χ0n) is 10.1. The number of hydrogen-bond donors (Lipinski definition) is 2. The van der Waals surface area contributed by atoms with Crippen LogP contribution in [0.4, 0.5) is 4.79 Å². The zero-order valence-corrected chi connectivity index (χ0v) is 10.1. The van der Waals surface area contributed by atoms with E-state index in [0.29, 0.717) is 0 Å². The molecule has 2 N–H and O–H groups in total. The molecule has 0 saturated carbocycles. The van der Waals surface area contributed by atoms with Gasteiger partial charge in [0.05, 0.1) is 0 Å². The lowest BCUT2D eigenvalue weighted by Gasteiger charge is -2.27. The van der Waals surface area contributed by atoms with Crippen LogP contribution in [0.1, 0.15) is 11.1 Å². The summed E-state index contributed by atoms with van der Waals surface area (Å²) in [5.74, 6) is -0.352. The molecule has 0 spiro atoms. The molecule has 2 aromatic rings. The Labute approximate surface area is 110 Å². The molecule has 0 radical (unpaired) electrons. The van der Waals surface area contributed by atoms with E-state index < -0.39 is 11.6 Å². The Bertz CT molecular complexity index is 584. The smallest absolute Gasteiger partial charge is 0.316 e. The van der Waals surface area contributed by atoms with Crippen molar-refractivity contribution in [2.75, 3.05) is 0 Å². The van der Waals surface area contributed by atoms with Crippen LogP contribution in [0.2, 0.25) is 0 Å². The van der Waals surface area contributed by atoms with Gasteiger partial charge in [-0.2, -0.15) is 0 Å². The summed E-state index contributed by atoms with van der Waals surface area (Å²) < 4.78 is 0. The molecule has 1 aliphatic heterocycles. The highest BCUT2D eigenvalue weighted by Crippen LogP contribution is 2.32. The summed E-state index contributed by atoms with van der Waals surface area (Å²) >= 11 is 0. The van der Waals surface area contributed by atoms with Crippen LogP contribution in [0.15, 0.2) is 60.7 Å². The first-order valence-corrected chi connectivity index (χ1v) is 5.98. The lowest BCUT2D eigenvalue weighted by Crippen LogP contribution is -2.44.